The van der Waals surface area contributed by atoms with E-state index in [0.29, 0.717) is 31.1 Å². The SMILES string of the molecule is COCc1cccc(S(=O)(=O)N2CCCC(CNC(=O)C3CCCN3)C2)c1.Cl. The second-order valence-electron chi connectivity index (χ2n) is 7.35. The predicted molar refractivity (Wildman–Crippen MR) is 110 cm³/mol. The Morgan fingerprint density at radius 3 is 2.86 bits per heavy atom. The standard InChI is InChI=1S/C19H29N3O4S.ClH/c1-26-14-15-5-2-7-17(11-15)27(24,25)22-10-4-6-16(13-22)12-21-19(23)18-8-3-9-20-18;/h2,5,7,11,16,18,20H,3-4,6,8-10,12-14H2,1H3,(H,21,23);1H. The monoisotopic (exact) mass is 431 g/mol. The van der Waals surface area contributed by atoms with E-state index in [2.05, 4.69) is 10.6 Å². The molecule has 2 aliphatic heterocycles. The summed E-state index contributed by atoms with van der Waals surface area (Å²) in [5.74, 6) is 0.167. The number of carbonyl (C=O) groups is 1. The number of piperidine rings is 1. The third-order valence-corrected chi connectivity index (χ3v) is 7.13. The second-order valence-corrected chi connectivity index (χ2v) is 9.28. The smallest absolute Gasteiger partial charge is 0.243 e. The molecule has 0 bridgehead atoms. The lowest BCUT2D eigenvalue weighted by atomic mass is 9.99. The van der Waals surface area contributed by atoms with Crippen molar-refractivity contribution in [2.75, 3.05) is 33.3 Å². The summed E-state index contributed by atoms with van der Waals surface area (Å²) in [5.41, 5.74) is 0.837. The van der Waals surface area contributed by atoms with Crippen LogP contribution in [0, 0.1) is 5.92 Å². The molecule has 0 aromatic heterocycles. The summed E-state index contributed by atoms with van der Waals surface area (Å²) in [6.07, 6.45) is 3.62. The van der Waals surface area contributed by atoms with E-state index < -0.39 is 10.0 Å². The Kier molecular flexibility index (Phi) is 8.70. The lowest BCUT2D eigenvalue weighted by Crippen LogP contribution is -2.46. The lowest BCUT2D eigenvalue weighted by Gasteiger charge is -2.32. The van der Waals surface area contributed by atoms with Gasteiger partial charge in [-0.3, -0.25) is 4.79 Å². The molecule has 2 atom stereocenters. The molecule has 1 aromatic carbocycles. The van der Waals surface area contributed by atoms with Gasteiger partial charge >= 0.3 is 0 Å². The van der Waals surface area contributed by atoms with Crippen molar-refractivity contribution in [1.29, 1.82) is 0 Å². The highest BCUT2D eigenvalue weighted by atomic mass is 35.5. The molecule has 3 rings (SSSR count). The number of amides is 1. The minimum Gasteiger partial charge on any atom is -0.380 e. The fraction of sp³-hybridized carbons (Fsp3) is 0.632. The summed E-state index contributed by atoms with van der Waals surface area (Å²) < 4.78 is 32.7. The van der Waals surface area contributed by atoms with Crippen molar-refractivity contribution >= 4 is 28.3 Å². The number of sulfonamides is 1. The number of nitrogens with one attached hydrogen (secondary N) is 2. The zero-order valence-electron chi connectivity index (χ0n) is 16.2. The first-order valence-corrected chi connectivity index (χ1v) is 11.0. The van der Waals surface area contributed by atoms with Crippen LogP contribution in [0.3, 0.4) is 0 Å². The van der Waals surface area contributed by atoms with Gasteiger partial charge in [0, 0.05) is 26.7 Å². The van der Waals surface area contributed by atoms with Gasteiger partial charge in [-0.15, -0.1) is 12.4 Å². The summed E-state index contributed by atoms with van der Waals surface area (Å²) in [6.45, 7) is 2.75. The Morgan fingerprint density at radius 1 is 1.32 bits per heavy atom. The minimum atomic E-state index is -3.54. The predicted octanol–water partition coefficient (Wildman–Crippen LogP) is 1.52. The number of rotatable bonds is 7. The summed E-state index contributed by atoms with van der Waals surface area (Å²) in [5, 5.41) is 6.18. The lowest BCUT2D eigenvalue weighted by molar-refractivity contribution is -0.123. The van der Waals surface area contributed by atoms with E-state index in [1.54, 1.807) is 29.6 Å². The van der Waals surface area contributed by atoms with Crippen LogP contribution in [0.15, 0.2) is 29.2 Å². The number of hydrogen-bond donors (Lipinski definition) is 2. The Morgan fingerprint density at radius 2 is 2.14 bits per heavy atom. The van der Waals surface area contributed by atoms with Gasteiger partial charge in [0.15, 0.2) is 0 Å². The molecule has 2 unspecified atom stereocenters. The molecule has 9 heteroatoms. The van der Waals surface area contributed by atoms with E-state index in [4.69, 9.17) is 4.74 Å². The van der Waals surface area contributed by atoms with Gasteiger partial charge in [-0.1, -0.05) is 12.1 Å². The zero-order chi connectivity index (χ0) is 19.3. The van der Waals surface area contributed by atoms with Crippen LogP contribution in [-0.4, -0.2) is 58.0 Å². The second kappa shape index (κ2) is 10.5. The highest BCUT2D eigenvalue weighted by Crippen LogP contribution is 2.24. The average molecular weight is 432 g/mol. The van der Waals surface area contributed by atoms with Crippen molar-refractivity contribution in [3.05, 3.63) is 29.8 Å². The molecular formula is C19H30ClN3O4S. The first-order valence-electron chi connectivity index (χ1n) is 9.60. The van der Waals surface area contributed by atoms with E-state index in [0.717, 1.165) is 37.8 Å². The van der Waals surface area contributed by atoms with E-state index in [1.807, 2.05) is 6.07 Å². The third kappa shape index (κ3) is 5.67. The van der Waals surface area contributed by atoms with Crippen molar-refractivity contribution in [1.82, 2.24) is 14.9 Å². The number of hydrogen-bond acceptors (Lipinski definition) is 5. The normalized spacial score (nSPS) is 23.2. The van der Waals surface area contributed by atoms with E-state index in [-0.39, 0.29) is 30.3 Å². The maximum Gasteiger partial charge on any atom is 0.243 e. The summed E-state index contributed by atoms with van der Waals surface area (Å²) in [7, 11) is -1.95. The molecule has 1 amide bonds. The van der Waals surface area contributed by atoms with Crippen LogP contribution >= 0.6 is 12.4 Å². The zero-order valence-corrected chi connectivity index (χ0v) is 17.9. The Bertz CT molecular complexity index is 753. The van der Waals surface area contributed by atoms with Gasteiger partial charge in [0.1, 0.15) is 0 Å². The maximum absolute atomic E-state index is 13.0. The van der Waals surface area contributed by atoms with Crippen LogP contribution in [0.25, 0.3) is 0 Å². The number of methoxy groups -OCH3 is 1. The number of halogens is 1. The molecular weight excluding hydrogens is 402 g/mol. The fourth-order valence-electron chi connectivity index (χ4n) is 3.80. The van der Waals surface area contributed by atoms with Crippen molar-refractivity contribution in [2.24, 2.45) is 5.92 Å². The first-order chi connectivity index (χ1) is 13.0. The number of ether oxygens (including phenoxy) is 1. The highest BCUT2D eigenvalue weighted by molar-refractivity contribution is 7.89. The molecule has 2 aliphatic rings. The molecule has 0 aliphatic carbocycles. The van der Waals surface area contributed by atoms with E-state index >= 15 is 0 Å². The third-order valence-electron chi connectivity index (χ3n) is 5.27. The Labute approximate surface area is 173 Å². The molecule has 158 valence electrons. The molecule has 2 N–H and O–H groups in total. The van der Waals surface area contributed by atoms with Crippen molar-refractivity contribution in [3.8, 4) is 0 Å². The highest BCUT2D eigenvalue weighted by Gasteiger charge is 2.31. The molecule has 28 heavy (non-hydrogen) atoms. The molecule has 2 heterocycles. The number of nitrogens with zero attached hydrogens (tertiary/aromatic N) is 1. The molecule has 2 saturated heterocycles. The molecule has 7 nitrogen and oxygen atoms in total. The van der Waals surface area contributed by atoms with Gasteiger partial charge < -0.3 is 15.4 Å². The Hall–Kier alpha value is -1.19. The summed E-state index contributed by atoms with van der Waals surface area (Å²) in [4.78, 5) is 12.5. The fourth-order valence-corrected chi connectivity index (χ4v) is 5.43. The molecule has 0 saturated carbocycles. The number of carbonyl (C=O) groups excluding carboxylic acids is 1. The van der Waals surface area contributed by atoms with Crippen molar-refractivity contribution < 1.29 is 17.9 Å². The molecule has 0 radical (unpaired) electrons. The van der Waals surface area contributed by atoms with Gasteiger partial charge in [-0.2, -0.15) is 4.31 Å². The maximum atomic E-state index is 13.0. The van der Waals surface area contributed by atoms with E-state index in [9.17, 15) is 13.2 Å². The van der Waals surface area contributed by atoms with Gasteiger partial charge in [0.25, 0.3) is 0 Å². The van der Waals surface area contributed by atoms with Crippen LogP contribution in [0.2, 0.25) is 0 Å². The summed E-state index contributed by atoms with van der Waals surface area (Å²) >= 11 is 0. The molecule has 2 fully saturated rings. The van der Waals surface area contributed by atoms with Crippen LogP contribution in [0.1, 0.15) is 31.2 Å². The largest absolute Gasteiger partial charge is 0.380 e. The van der Waals surface area contributed by atoms with Crippen LogP contribution in [0.5, 0.6) is 0 Å². The number of benzene rings is 1. The van der Waals surface area contributed by atoms with Crippen LogP contribution < -0.4 is 10.6 Å². The van der Waals surface area contributed by atoms with Gasteiger partial charge in [-0.05, 0) is 55.8 Å². The quantitative estimate of drug-likeness (QED) is 0.683. The molecule has 1 aromatic rings. The van der Waals surface area contributed by atoms with E-state index in [1.165, 1.54) is 0 Å². The van der Waals surface area contributed by atoms with Gasteiger partial charge in [0.2, 0.25) is 15.9 Å². The van der Waals surface area contributed by atoms with Crippen LogP contribution in [-0.2, 0) is 26.2 Å². The topological polar surface area (TPSA) is 87.7 Å². The van der Waals surface area contributed by atoms with Crippen LogP contribution in [0.4, 0.5) is 0 Å². The first kappa shape index (κ1) is 23.1. The van der Waals surface area contributed by atoms with Gasteiger partial charge in [-0.25, -0.2) is 8.42 Å². The average Bonchev–Trinajstić information content (AvgIpc) is 3.22. The molecule has 0 spiro atoms. The summed E-state index contributed by atoms with van der Waals surface area (Å²) in [6, 6.07) is 6.81. The minimum absolute atomic E-state index is 0. The van der Waals surface area contributed by atoms with Crippen molar-refractivity contribution in [3.63, 3.8) is 0 Å². The Balaban J connectivity index is 0.00000280. The van der Waals surface area contributed by atoms with Gasteiger partial charge in [0.05, 0.1) is 17.5 Å². The van der Waals surface area contributed by atoms with Crippen molar-refractivity contribution in [2.45, 2.75) is 43.2 Å².